The van der Waals surface area contributed by atoms with E-state index in [0.717, 1.165) is 18.8 Å². The molecule has 1 aliphatic rings. The van der Waals surface area contributed by atoms with E-state index in [0.29, 0.717) is 18.3 Å². The predicted molar refractivity (Wildman–Crippen MR) is 84.5 cm³/mol. The molecule has 22 heavy (non-hydrogen) atoms. The van der Waals surface area contributed by atoms with Crippen LogP contribution >= 0.6 is 0 Å². The molecule has 118 valence electrons. The number of carbonyl (C=O) groups excluding carboxylic acids is 1. The summed E-state index contributed by atoms with van der Waals surface area (Å²) in [4.78, 5) is 16.3. The smallest absolute Gasteiger partial charge is 0.248 e. The maximum absolute atomic E-state index is 11.9. The third-order valence-corrected chi connectivity index (χ3v) is 4.23. The molecule has 6 nitrogen and oxygen atoms in total. The van der Waals surface area contributed by atoms with Gasteiger partial charge in [0.15, 0.2) is 0 Å². The number of carbonyl (C=O) groups is 1. The lowest BCUT2D eigenvalue weighted by molar-refractivity contribution is -0.116. The number of aromatic amines is 1. The lowest BCUT2D eigenvalue weighted by Crippen LogP contribution is -2.13. The van der Waals surface area contributed by atoms with E-state index < -0.39 is 0 Å². The second-order valence-corrected chi connectivity index (χ2v) is 5.95. The summed E-state index contributed by atoms with van der Waals surface area (Å²) in [6, 6.07) is 3.97. The van der Waals surface area contributed by atoms with Gasteiger partial charge >= 0.3 is 0 Å². The van der Waals surface area contributed by atoms with Crippen LogP contribution in [0.3, 0.4) is 0 Å². The molecule has 6 heteroatoms. The highest BCUT2D eigenvalue weighted by atomic mass is 16.1. The molecule has 0 aliphatic heterocycles. The second-order valence-electron chi connectivity index (χ2n) is 5.95. The highest BCUT2D eigenvalue weighted by molar-refractivity contribution is 5.88. The van der Waals surface area contributed by atoms with Crippen LogP contribution in [-0.2, 0) is 11.3 Å². The van der Waals surface area contributed by atoms with Gasteiger partial charge in [0.2, 0.25) is 11.9 Å². The minimum atomic E-state index is -0.0265. The number of aryl methyl sites for hydroxylation is 1. The molecule has 0 radical (unpaired) electrons. The van der Waals surface area contributed by atoms with E-state index in [9.17, 15) is 4.79 Å². The van der Waals surface area contributed by atoms with E-state index in [-0.39, 0.29) is 5.91 Å². The molecule has 1 saturated carbocycles. The van der Waals surface area contributed by atoms with Crippen LogP contribution in [0.4, 0.5) is 5.95 Å². The summed E-state index contributed by atoms with van der Waals surface area (Å²) in [5.41, 5.74) is 0. The summed E-state index contributed by atoms with van der Waals surface area (Å²) in [6.45, 7) is 0.849. The summed E-state index contributed by atoms with van der Waals surface area (Å²) < 4.78 is 2.07. The molecule has 0 spiro atoms. The Labute approximate surface area is 130 Å². The molecular formula is C16H23N5O. The van der Waals surface area contributed by atoms with Gasteiger partial charge in [0.05, 0.1) is 0 Å². The van der Waals surface area contributed by atoms with Crippen LogP contribution in [0.15, 0.2) is 24.5 Å². The first-order chi connectivity index (χ1) is 10.8. The zero-order valence-electron chi connectivity index (χ0n) is 12.8. The largest absolute Gasteiger partial charge is 0.354 e. The van der Waals surface area contributed by atoms with Gasteiger partial charge in [-0.25, -0.2) is 0 Å². The van der Waals surface area contributed by atoms with Crippen LogP contribution in [-0.4, -0.2) is 25.7 Å². The van der Waals surface area contributed by atoms with Gasteiger partial charge < -0.3 is 4.57 Å². The first kappa shape index (κ1) is 14.8. The molecule has 0 atom stereocenters. The molecule has 0 unspecified atom stereocenters. The van der Waals surface area contributed by atoms with E-state index in [1.165, 1.54) is 32.1 Å². The van der Waals surface area contributed by atoms with Crippen molar-refractivity contribution in [2.24, 2.45) is 0 Å². The number of nitrogens with one attached hydrogen (secondary N) is 2. The quantitative estimate of drug-likeness (QED) is 0.861. The van der Waals surface area contributed by atoms with Gasteiger partial charge in [-0.1, -0.05) is 19.3 Å². The van der Waals surface area contributed by atoms with Crippen molar-refractivity contribution in [3.8, 4) is 0 Å². The summed E-state index contributed by atoms with van der Waals surface area (Å²) in [7, 11) is 0. The summed E-state index contributed by atoms with van der Waals surface area (Å²) in [5.74, 6) is 1.77. The van der Waals surface area contributed by atoms with Crippen LogP contribution in [0.25, 0.3) is 0 Å². The predicted octanol–water partition coefficient (Wildman–Crippen LogP) is 3.07. The zero-order chi connectivity index (χ0) is 15.2. The zero-order valence-corrected chi connectivity index (χ0v) is 12.8. The van der Waals surface area contributed by atoms with E-state index in [1.54, 1.807) is 0 Å². The second kappa shape index (κ2) is 7.24. The van der Waals surface area contributed by atoms with Gasteiger partial charge in [0, 0.05) is 31.3 Å². The lowest BCUT2D eigenvalue weighted by Gasteiger charge is -2.18. The Morgan fingerprint density at radius 2 is 2.05 bits per heavy atom. The van der Waals surface area contributed by atoms with E-state index in [1.807, 2.05) is 24.5 Å². The van der Waals surface area contributed by atoms with Gasteiger partial charge in [-0.05, 0) is 31.4 Å². The Morgan fingerprint density at radius 1 is 1.27 bits per heavy atom. The summed E-state index contributed by atoms with van der Waals surface area (Å²) >= 11 is 0. The van der Waals surface area contributed by atoms with Crippen molar-refractivity contribution in [3.63, 3.8) is 0 Å². The third-order valence-electron chi connectivity index (χ3n) is 4.23. The Balaban J connectivity index is 1.44. The number of rotatable bonds is 6. The SMILES string of the molecule is O=C(CCCn1cccc1)Nc1n[nH]c(C2CCCCC2)n1. The third kappa shape index (κ3) is 3.96. The molecule has 1 aliphatic carbocycles. The van der Waals surface area contributed by atoms with Crippen LogP contribution < -0.4 is 5.32 Å². The fraction of sp³-hybridized carbons (Fsp3) is 0.562. The molecule has 2 heterocycles. The first-order valence-electron chi connectivity index (χ1n) is 8.14. The van der Waals surface area contributed by atoms with Crippen LogP contribution in [0.1, 0.15) is 56.7 Å². The molecule has 0 saturated heterocycles. The van der Waals surface area contributed by atoms with E-state index >= 15 is 0 Å². The van der Waals surface area contributed by atoms with Crippen molar-refractivity contribution in [1.82, 2.24) is 19.7 Å². The Hall–Kier alpha value is -2.11. The molecule has 2 aromatic rings. The number of hydrogen-bond donors (Lipinski definition) is 2. The van der Waals surface area contributed by atoms with Crippen LogP contribution in [0, 0.1) is 0 Å². The number of anilines is 1. The number of amides is 1. The lowest BCUT2D eigenvalue weighted by atomic mass is 9.89. The topological polar surface area (TPSA) is 75.6 Å². The number of nitrogens with zero attached hydrogens (tertiary/aromatic N) is 3. The summed E-state index contributed by atoms with van der Waals surface area (Å²) in [5, 5.41) is 9.88. The van der Waals surface area contributed by atoms with Gasteiger partial charge in [0.25, 0.3) is 0 Å². The number of aromatic nitrogens is 4. The molecule has 0 aromatic carbocycles. The minimum absolute atomic E-state index is 0.0265. The average Bonchev–Trinajstić information content (AvgIpc) is 3.20. The average molecular weight is 301 g/mol. The maximum Gasteiger partial charge on any atom is 0.248 e. The number of H-pyrrole nitrogens is 1. The van der Waals surface area contributed by atoms with E-state index in [4.69, 9.17) is 0 Å². The van der Waals surface area contributed by atoms with Crippen molar-refractivity contribution in [3.05, 3.63) is 30.4 Å². The molecule has 0 bridgehead atoms. The fourth-order valence-corrected chi connectivity index (χ4v) is 3.02. The summed E-state index contributed by atoms with van der Waals surface area (Å²) in [6.07, 6.45) is 11.5. The Kier molecular flexibility index (Phi) is 4.88. The standard InChI is InChI=1S/C16H23N5O/c22-14(9-6-12-21-10-4-5-11-21)17-16-18-15(19-20-16)13-7-2-1-3-8-13/h4-5,10-11,13H,1-3,6-9,12H2,(H2,17,18,19,20,22). The molecule has 1 fully saturated rings. The number of hydrogen-bond acceptors (Lipinski definition) is 3. The van der Waals surface area contributed by atoms with Crippen molar-refractivity contribution >= 4 is 11.9 Å². The van der Waals surface area contributed by atoms with Crippen LogP contribution in [0.5, 0.6) is 0 Å². The highest BCUT2D eigenvalue weighted by Crippen LogP contribution is 2.30. The monoisotopic (exact) mass is 301 g/mol. The fourth-order valence-electron chi connectivity index (χ4n) is 3.02. The molecule has 3 rings (SSSR count). The molecule has 1 amide bonds. The van der Waals surface area contributed by atoms with Gasteiger partial charge in [-0.15, -0.1) is 5.10 Å². The Bertz CT molecular complexity index is 583. The van der Waals surface area contributed by atoms with Gasteiger partial charge in [-0.3, -0.25) is 15.2 Å². The maximum atomic E-state index is 11.9. The highest BCUT2D eigenvalue weighted by Gasteiger charge is 2.19. The van der Waals surface area contributed by atoms with Crippen molar-refractivity contribution < 1.29 is 4.79 Å². The first-order valence-corrected chi connectivity index (χ1v) is 8.14. The Morgan fingerprint density at radius 3 is 2.82 bits per heavy atom. The van der Waals surface area contributed by atoms with E-state index in [2.05, 4.69) is 25.1 Å². The van der Waals surface area contributed by atoms with Crippen molar-refractivity contribution in [2.45, 2.75) is 57.4 Å². The molecule has 2 aromatic heterocycles. The van der Waals surface area contributed by atoms with Crippen LogP contribution in [0.2, 0.25) is 0 Å². The van der Waals surface area contributed by atoms with Gasteiger partial charge in [0.1, 0.15) is 5.82 Å². The molecule has 2 N–H and O–H groups in total. The van der Waals surface area contributed by atoms with Crippen molar-refractivity contribution in [2.75, 3.05) is 5.32 Å². The normalized spacial score (nSPS) is 15.8. The van der Waals surface area contributed by atoms with Crippen molar-refractivity contribution in [1.29, 1.82) is 0 Å². The molecular weight excluding hydrogens is 278 g/mol. The minimum Gasteiger partial charge on any atom is -0.354 e. The van der Waals surface area contributed by atoms with Gasteiger partial charge in [-0.2, -0.15) is 4.98 Å².